The molecule has 0 radical (unpaired) electrons. The van der Waals surface area contributed by atoms with Crippen molar-refractivity contribution in [2.75, 3.05) is 6.61 Å². The Morgan fingerprint density at radius 2 is 1.76 bits per heavy atom. The zero-order chi connectivity index (χ0) is 17.8. The predicted molar refractivity (Wildman–Crippen MR) is 97.7 cm³/mol. The van der Waals surface area contributed by atoms with Crippen molar-refractivity contribution in [1.82, 2.24) is 5.32 Å². The van der Waals surface area contributed by atoms with Crippen LogP contribution < -0.4 is 5.32 Å². The molecule has 0 atom stereocenters. The van der Waals surface area contributed by atoms with Crippen molar-refractivity contribution in [3.8, 4) is 0 Å². The average Bonchev–Trinajstić information content (AvgIpc) is 3.09. The van der Waals surface area contributed by atoms with Gasteiger partial charge in [-0.1, -0.05) is 11.6 Å². The Morgan fingerprint density at radius 3 is 2.32 bits per heavy atom. The van der Waals surface area contributed by atoms with Crippen LogP contribution in [0.1, 0.15) is 55.2 Å². The number of benzene rings is 1. The molecule has 0 bridgehead atoms. The minimum Gasteiger partial charge on any atom is -0.509 e. The topological polar surface area (TPSA) is 58.6 Å². The van der Waals surface area contributed by atoms with Crippen molar-refractivity contribution < 1.29 is 14.6 Å². The number of ether oxygens (including phenoxy) is 1. The highest BCUT2D eigenvalue weighted by molar-refractivity contribution is 6.31. The Bertz CT molecular complexity index is 744. The molecule has 4 rings (SSSR count). The predicted octanol–water partition coefficient (Wildman–Crippen LogP) is 4.22. The van der Waals surface area contributed by atoms with Gasteiger partial charge in [-0.05, 0) is 81.2 Å². The van der Waals surface area contributed by atoms with Crippen LogP contribution in [-0.4, -0.2) is 28.8 Å². The van der Waals surface area contributed by atoms with E-state index in [0.29, 0.717) is 10.6 Å². The Labute approximate surface area is 153 Å². The summed E-state index contributed by atoms with van der Waals surface area (Å²) in [6, 6.07) is 3.68. The fourth-order valence-corrected chi connectivity index (χ4v) is 5.19. The van der Waals surface area contributed by atoms with Crippen molar-refractivity contribution in [2.45, 2.75) is 63.5 Å². The number of rotatable bonds is 1. The van der Waals surface area contributed by atoms with Gasteiger partial charge in [0.05, 0.1) is 16.7 Å². The number of aliphatic hydroxyl groups is 1. The highest BCUT2D eigenvalue weighted by Crippen LogP contribution is 2.48. The number of nitrogens with one attached hydrogen (secondary N) is 1. The first-order valence-electron chi connectivity index (χ1n) is 9.03. The molecule has 1 amide bonds. The molecule has 2 heterocycles. The first kappa shape index (κ1) is 16.9. The van der Waals surface area contributed by atoms with Crippen LogP contribution in [0.15, 0.2) is 17.9 Å². The summed E-state index contributed by atoms with van der Waals surface area (Å²) in [6.45, 7) is 4.68. The third-order valence-corrected chi connectivity index (χ3v) is 6.44. The number of carbonyl (C=O) groups is 1. The molecule has 1 aromatic rings. The first-order valence-corrected chi connectivity index (χ1v) is 9.41. The summed E-state index contributed by atoms with van der Waals surface area (Å²) < 4.78 is 5.98. The van der Waals surface area contributed by atoms with Gasteiger partial charge < -0.3 is 15.2 Å². The van der Waals surface area contributed by atoms with E-state index >= 15 is 0 Å². The molecule has 0 aromatic heterocycles. The maximum atomic E-state index is 12.8. The highest BCUT2D eigenvalue weighted by Gasteiger charge is 2.52. The average molecular weight is 362 g/mol. The van der Waals surface area contributed by atoms with Gasteiger partial charge in [0.15, 0.2) is 0 Å². The number of hydrogen-bond acceptors (Lipinski definition) is 3. The van der Waals surface area contributed by atoms with Gasteiger partial charge in [-0.2, -0.15) is 0 Å². The summed E-state index contributed by atoms with van der Waals surface area (Å²) in [5.41, 5.74) is 2.35. The second-order valence-corrected chi connectivity index (χ2v) is 8.25. The molecule has 1 saturated carbocycles. The van der Waals surface area contributed by atoms with Crippen molar-refractivity contribution in [3.05, 3.63) is 39.6 Å². The lowest BCUT2D eigenvalue weighted by Gasteiger charge is -2.42. The largest absolute Gasteiger partial charge is 0.509 e. The maximum absolute atomic E-state index is 12.8. The number of amides is 1. The molecule has 2 aliphatic heterocycles. The smallest absolute Gasteiger partial charge is 0.256 e. The zero-order valence-corrected chi connectivity index (χ0v) is 15.5. The summed E-state index contributed by atoms with van der Waals surface area (Å²) in [5, 5.41) is 14.8. The summed E-state index contributed by atoms with van der Waals surface area (Å²) in [5.74, 6) is 0.00758. The third kappa shape index (κ3) is 2.58. The summed E-state index contributed by atoms with van der Waals surface area (Å²) in [7, 11) is 0. The number of carbonyl (C=O) groups excluding carboxylic acids is 1. The van der Waals surface area contributed by atoms with E-state index in [0.717, 1.165) is 61.8 Å². The van der Waals surface area contributed by atoms with Gasteiger partial charge in [0.1, 0.15) is 5.76 Å². The van der Waals surface area contributed by atoms with Crippen LogP contribution >= 0.6 is 11.6 Å². The molecular weight excluding hydrogens is 338 g/mol. The minimum atomic E-state index is -0.637. The van der Waals surface area contributed by atoms with Gasteiger partial charge in [0.25, 0.3) is 5.91 Å². The Balaban J connectivity index is 1.71. The van der Waals surface area contributed by atoms with Gasteiger partial charge >= 0.3 is 0 Å². The van der Waals surface area contributed by atoms with E-state index in [2.05, 4.69) is 5.32 Å². The van der Waals surface area contributed by atoms with E-state index < -0.39 is 5.54 Å². The maximum Gasteiger partial charge on any atom is 0.256 e. The van der Waals surface area contributed by atoms with E-state index in [1.807, 2.05) is 26.0 Å². The van der Waals surface area contributed by atoms with Crippen molar-refractivity contribution in [2.24, 2.45) is 0 Å². The molecule has 1 saturated heterocycles. The van der Waals surface area contributed by atoms with Crippen LogP contribution in [0.5, 0.6) is 0 Å². The van der Waals surface area contributed by atoms with Gasteiger partial charge in [0, 0.05) is 11.6 Å². The highest BCUT2D eigenvalue weighted by atomic mass is 35.5. The van der Waals surface area contributed by atoms with E-state index in [-0.39, 0.29) is 17.3 Å². The second kappa shape index (κ2) is 5.75. The van der Waals surface area contributed by atoms with Crippen LogP contribution in [0, 0.1) is 13.8 Å². The lowest BCUT2D eigenvalue weighted by atomic mass is 9.72. The van der Waals surface area contributed by atoms with Crippen molar-refractivity contribution in [3.63, 3.8) is 0 Å². The van der Waals surface area contributed by atoms with Crippen molar-refractivity contribution in [1.29, 1.82) is 0 Å². The monoisotopic (exact) mass is 361 g/mol. The van der Waals surface area contributed by atoms with Crippen LogP contribution in [-0.2, 0) is 9.53 Å². The van der Waals surface area contributed by atoms with Gasteiger partial charge in [-0.3, -0.25) is 4.79 Å². The molecular formula is C20H24ClNO3. The third-order valence-electron chi connectivity index (χ3n) is 6.22. The molecule has 2 N–H and O–H groups in total. The molecule has 1 aliphatic carbocycles. The Kier molecular flexibility index (Phi) is 3.89. The number of hydrogen-bond donors (Lipinski definition) is 2. The normalized spacial score (nSPS) is 32.0. The van der Waals surface area contributed by atoms with Gasteiger partial charge in [-0.15, -0.1) is 0 Å². The summed E-state index contributed by atoms with van der Waals surface area (Å²) in [6.07, 6.45) is 5.39. The second-order valence-electron chi connectivity index (χ2n) is 7.81. The van der Waals surface area contributed by atoms with E-state index in [4.69, 9.17) is 16.3 Å². The molecule has 2 fully saturated rings. The lowest BCUT2D eigenvalue weighted by molar-refractivity contribution is -0.117. The van der Waals surface area contributed by atoms with Gasteiger partial charge in [-0.25, -0.2) is 0 Å². The minimum absolute atomic E-state index is 0.0366. The van der Waals surface area contributed by atoms with E-state index in [1.54, 1.807) is 0 Å². The SMILES string of the molecule is Cc1cc(Cl)cc(C)c1C1=C(O)C2(CCC3(CCCO3)CC2)NC1=O. The Morgan fingerprint density at radius 1 is 1.12 bits per heavy atom. The van der Waals surface area contributed by atoms with E-state index in [9.17, 15) is 9.90 Å². The lowest BCUT2D eigenvalue weighted by Crippen LogP contribution is -2.51. The quantitative estimate of drug-likeness (QED) is 0.787. The standard InChI is InChI=1S/C20H24ClNO3/c1-12-10-14(21)11-13(2)15(12)16-17(23)20(22-18(16)24)7-5-19(6-8-20)4-3-9-25-19/h10-11,23H,3-9H2,1-2H3,(H,22,24). The van der Waals surface area contributed by atoms with Crippen LogP contribution in [0.4, 0.5) is 0 Å². The van der Waals surface area contributed by atoms with Crippen LogP contribution in [0.2, 0.25) is 5.02 Å². The summed E-state index contributed by atoms with van der Waals surface area (Å²) in [4.78, 5) is 12.8. The summed E-state index contributed by atoms with van der Waals surface area (Å²) >= 11 is 6.12. The molecule has 134 valence electrons. The molecule has 2 spiro atoms. The van der Waals surface area contributed by atoms with Crippen LogP contribution in [0.25, 0.3) is 5.57 Å². The Hall–Kier alpha value is -1.52. The molecule has 0 unspecified atom stereocenters. The molecule has 1 aromatic carbocycles. The molecule has 3 aliphatic rings. The fourth-order valence-electron chi connectivity index (χ4n) is 4.87. The molecule has 4 nitrogen and oxygen atoms in total. The molecule has 25 heavy (non-hydrogen) atoms. The fraction of sp³-hybridized carbons (Fsp3) is 0.550. The number of aryl methyl sites for hydroxylation is 2. The van der Waals surface area contributed by atoms with Gasteiger partial charge in [0.2, 0.25) is 0 Å². The first-order chi connectivity index (χ1) is 11.9. The zero-order valence-electron chi connectivity index (χ0n) is 14.7. The van der Waals surface area contributed by atoms with Crippen LogP contribution in [0.3, 0.4) is 0 Å². The van der Waals surface area contributed by atoms with E-state index in [1.165, 1.54) is 0 Å². The number of aliphatic hydroxyl groups excluding tert-OH is 1. The number of halogens is 1. The molecule has 5 heteroatoms. The van der Waals surface area contributed by atoms with Crippen molar-refractivity contribution >= 4 is 23.1 Å².